The first-order chi connectivity index (χ1) is 6.33. The molecule has 0 saturated carbocycles. The van der Waals surface area contributed by atoms with Gasteiger partial charge in [0.1, 0.15) is 5.84 Å². The number of hydrazone groups is 1. The van der Waals surface area contributed by atoms with Crippen LogP contribution in [0.5, 0.6) is 0 Å². The van der Waals surface area contributed by atoms with E-state index in [1.807, 2.05) is 6.07 Å². The maximum absolute atomic E-state index is 5.72. The summed E-state index contributed by atoms with van der Waals surface area (Å²) in [6, 6.07) is 8.32. The number of hydrogen-bond acceptors (Lipinski definition) is 2. The first-order valence-corrected chi connectivity index (χ1v) is 4.44. The summed E-state index contributed by atoms with van der Waals surface area (Å²) in [5.74, 6) is 5.96. The average molecular weight is 175 g/mol. The van der Waals surface area contributed by atoms with E-state index in [2.05, 4.69) is 23.3 Å². The van der Waals surface area contributed by atoms with Gasteiger partial charge in [-0.1, -0.05) is 24.3 Å². The van der Waals surface area contributed by atoms with E-state index in [-0.39, 0.29) is 5.92 Å². The molecule has 0 bridgehead atoms. The van der Waals surface area contributed by atoms with E-state index in [1.165, 1.54) is 11.1 Å². The molecule has 68 valence electrons. The molecule has 0 amide bonds. The number of aryl methyl sites for hydroxylation is 1. The summed E-state index contributed by atoms with van der Waals surface area (Å²) >= 11 is 0. The summed E-state index contributed by atoms with van der Waals surface area (Å²) in [5.41, 5.74) is 8.38. The van der Waals surface area contributed by atoms with Gasteiger partial charge in [-0.15, -0.1) is 0 Å². The largest absolute Gasteiger partial charge is 0.385 e. The monoisotopic (exact) mass is 175 g/mol. The van der Waals surface area contributed by atoms with E-state index >= 15 is 0 Å². The van der Waals surface area contributed by atoms with Crippen LogP contribution in [0.1, 0.15) is 23.5 Å². The fourth-order valence-corrected chi connectivity index (χ4v) is 1.95. The number of rotatable bonds is 1. The first-order valence-electron chi connectivity index (χ1n) is 4.44. The molecule has 1 aromatic rings. The van der Waals surface area contributed by atoms with Gasteiger partial charge in [0.15, 0.2) is 0 Å². The molecule has 1 unspecified atom stereocenters. The molecule has 1 aromatic carbocycles. The fraction of sp³-hybridized carbons (Fsp3) is 0.300. The molecule has 3 heteroatoms. The first kappa shape index (κ1) is 8.10. The van der Waals surface area contributed by atoms with Crippen molar-refractivity contribution in [1.82, 2.24) is 0 Å². The van der Waals surface area contributed by atoms with Crippen LogP contribution in [0.15, 0.2) is 29.4 Å². The molecule has 0 saturated heterocycles. The lowest BCUT2D eigenvalue weighted by molar-refractivity contribution is 0.836. The summed E-state index contributed by atoms with van der Waals surface area (Å²) in [6.07, 6.45) is 2.11. The van der Waals surface area contributed by atoms with E-state index in [0.717, 1.165) is 12.8 Å². The summed E-state index contributed by atoms with van der Waals surface area (Å²) in [6.45, 7) is 0. The van der Waals surface area contributed by atoms with Gasteiger partial charge in [-0.2, -0.15) is 5.10 Å². The second-order valence-electron chi connectivity index (χ2n) is 3.34. The standard InChI is InChI=1S/C10H13N3/c11-10(13-12)9-6-5-7-3-1-2-4-8(7)9/h1-4,9H,5-6,12H2,(H2,11,13). The topological polar surface area (TPSA) is 64.4 Å². The molecule has 1 aliphatic rings. The Morgan fingerprint density at radius 2 is 2.15 bits per heavy atom. The minimum absolute atomic E-state index is 0.237. The zero-order valence-corrected chi connectivity index (χ0v) is 7.40. The molecule has 2 rings (SSSR count). The Bertz CT molecular complexity index is 344. The Labute approximate surface area is 77.4 Å². The van der Waals surface area contributed by atoms with Crippen LogP contribution in [0.4, 0.5) is 0 Å². The molecule has 0 aromatic heterocycles. The van der Waals surface area contributed by atoms with Crippen molar-refractivity contribution in [3.8, 4) is 0 Å². The number of benzene rings is 1. The number of hydrogen-bond donors (Lipinski definition) is 2. The maximum atomic E-state index is 5.72. The molecule has 4 N–H and O–H groups in total. The van der Waals surface area contributed by atoms with Crippen molar-refractivity contribution < 1.29 is 0 Å². The Morgan fingerprint density at radius 3 is 2.92 bits per heavy atom. The van der Waals surface area contributed by atoms with Crippen molar-refractivity contribution >= 4 is 5.84 Å². The molecule has 0 radical (unpaired) electrons. The van der Waals surface area contributed by atoms with Gasteiger partial charge < -0.3 is 11.6 Å². The smallest absolute Gasteiger partial charge is 0.126 e. The van der Waals surface area contributed by atoms with Gasteiger partial charge in [-0.25, -0.2) is 0 Å². The second-order valence-corrected chi connectivity index (χ2v) is 3.34. The van der Waals surface area contributed by atoms with E-state index < -0.39 is 0 Å². The van der Waals surface area contributed by atoms with E-state index in [9.17, 15) is 0 Å². The summed E-state index contributed by atoms with van der Waals surface area (Å²) in [5, 5.41) is 3.56. The van der Waals surface area contributed by atoms with Crippen LogP contribution < -0.4 is 11.6 Å². The highest BCUT2D eigenvalue weighted by Crippen LogP contribution is 2.32. The average Bonchev–Trinajstić information content (AvgIpc) is 2.60. The Kier molecular flexibility index (Phi) is 1.93. The number of nitrogens with zero attached hydrogens (tertiary/aromatic N) is 1. The Morgan fingerprint density at radius 1 is 1.38 bits per heavy atom. The maximum Gasteiger partial charge on any atom is 0.126 e. The Balaban J connectivity index is 2.39. The quantitative estimate of drug-likeness (QED) is 0.289. The van der Waals surface area contributed by atoms with Crippen molar-refractivity contribution in [2.45, 2.75) is 18.8 Å². The van der Waals surface area contributed by atoms with Gasteiger partial charge >= 0.3 is 0 Å². The van der Waals surface area contributed by atoms with E-state index in [4.69, 9.17) is 11.6 Å². The number of nitrogens with two attached hydrogens (primary N) is 2. The summed E-state index contributed by atoms with van der Waals surface area (Å²) in [7, 11) is 0. The number of fused-ring (bicyclic) bond motifs is 1. The molecule has 0 aliphatic heterocycles. The lowest BCUT2D eigenvalue weighted by Gasteiger charge is -2.08. The molecule has 1 aliphatic carbocycles. The van der Waals surface area contributed by atoms with E-state index in [0.29, 0.717) is 5.84 Å². The minimum atomic E-state index is 0.237. The highest BCUT2D eigenvalue weighted by molar-refractivity contribution is 5.88. The SMILES string of the molecule is NN=C(N)C1CCc2ccccc21. The molecule has 0 fully saturated rings. The highest BCUT2D eigenvalue weighted by Gasteiger charge is 2.24. The van der Waals surface area contributed by atoms with Crippen molar-refractivity contribution in [1.29, 1.82) is 0 Å². The van der Waals surface area contributed by atoms with Crippen LogP contribution in [0.25, 0.3) is 0 Å². The highest BCUT2D eigenvalue weighted by atomic mass is 15.2. The van der Waals surface area contributed by atoms with Gasteiger partial charge in [-0.3, -0.25) is 0 Å². The van der Waals surface area contributed by atoms with Crippen molar-refractivity contribution in [3.05, 3.63) is 35.4 Å². The van der Waals surface area contributed by atoms with Crippen LogP contribution in [0.3, 0.4) is 0 Å². The minimum Gasteiger partial charge on any atom is -0.385 e. The van der Waals surface area contributed by atoms with Gasteiger partial charge in [-0.05, 0) is 24.0 Å². The molecule has 13 heavy (non-hydrogen) atoms. The number of amidine groups is 1. The predicted octanol–water partition coefficient (Wildman–Crippen LogP) is 0.947. The normalized spacial score (nSPS) is 21.5. The van der Waals surface area contributed by atoms with Gasteiger partial charge in [0.2, 0.25) is 0 Å². The summed E-state index contributed by atoms with van der Waals surface area (Å²) in [4.78, 5) is 0. The molecule has 0 heterocycles. The van der Waals surface area contributed by atoms with Crippen LogP contribution in [-0.4, -0.2) is 5.84 Å². The van der Waals surface area contributed by atoms with Crippen molar-refractivity contribution in [3.63, 3.8) is 0 Å². The van der Waals surface area contributed by atoms with Crippen LogP contribution in [-0.2, 0) is 6.42 Å². The molecule has 1 atom stereocenters. The van der Waals surface area contributed by atoms with Crippen LogP contribution in [0, 0.1) is 0 Å². The van der Waals surface area contributed by atoms with E-state index in [1.54, 1.807) is 0 Å². The molecular weight excluding hydrogens is 162 g/mol. The second kappa shape index (κ2) is 3.09. The third-order valence-electron chi connectivity index (χ3n) is 2.64. The lowest BCUT2D eigenvalue weighted by Crippen LogP contribution is -2.21. The fourth-order valence-electron chi connectivity index (χ4n) is 1.95. The van der Waals surface area contributed by atoms with Gasteiger partial charge in [0, 0.05) is 5.92 Å². The molecule has 3 nitrogen and oxygen atoms in total. The summed E-state index contributed by atoms with van der Waals surface area (Å²) < 4.78 is 0. The van der Waals surface area contributed by atoms with Crippen molar-refractivity contribution in [2.75, 3.05) is 0 Å². The third-order valence-corrected chi connectivity index (χ3v) is 2.64. The zero-order valence-electron chi connectivity index (χ0n) is 7.40. The molecule has 0 spiro atoms. The van der Waals surface area contributed by atoms with Gasteiger partial charge in [0.05, 0.1) is 0 Å². The van der Waals surface area contributed by atoms with Gasteiger partial charge in [0.25, 0.3) is 0 Å². The zero-order chi connectivity index (χ0) is 9.26. The predicted molar refractivity (Wildman–Crippen MR) is 53.3 cm³/mol. The Hall–Kier alpha value is -1.51. The molecular formula is C10H13N3. The van der Waals surface area contributed by atoms with Crippen molar-refractivity contribution in [2.24, 2.45) is 16.7 Å². The third kappa shape index (κ3) is 1.26. The lowest BCUT2D eigenvalue weighted by atomic mass is 10.0. The van der Waals surface area contributed by atoms with Crippen LogP contribution in [0.2, 0.25) is 0 Å². The van der Waals surface area contributed by atoms with Crippen LogP contribution >= 0.6 is 0 Å².